The van der Waals surface area contributed by atoms with E-state index in [1.165, 1.54) is 19.3 Å². The molecule has 98 valence electrons. The van der Waals surface area contributed by atoms with E-state index in [-0.39, 0.29) is 5.54 Å². The Morgan fingerprint density at radius 1 is 1.06 bits per heavy atom. The molecule has 0 aromatic carbocycles. The van der Waals surface area contributed by atoms with Crippen molar-refractivity contribution < 1.29 is 0 Å². The molecule has 0 heterocycles. The van der Waals surface area contributed by atoms with Gasteiger partial charge in [-0.15, -0.1) is 0 Å². The Morgan fingerprint density at radius 2 is 1.62 bits per heavy atom. The Kier molecular flexibility index (Phi) is 7.25. The third kappa shape index (κ3) is 7.24. The van der Waals surface area contributed by atoms with Crippen LogP contribution in [0.4, 0.5) is 0 Å². The molecule has 1 N–H and O–H groups in total. The molecule has 1 atom stereocenters. The number of nitrogens with zero attached hydrogens (tertiary/aromatic N) is 1. The number of rotatable bonds is 8. The van der Waals surface area contributed by atoms with Gasteiger partial charge in [0.05, 0.1) is 0 Å². The Labute approximate surface area is 103 Å². The highest BCUT2D eigenvalue weighted by atomic mass is 15.2. The summed E-state index contributed by atoms with van der Waals surface area (Å²) in [5.41, 5.74) is 0.242. The maximum absolute atomic E-state index is 3.64. The lowest BCUT2D eigenvalue weighted by Crippen LogP contribution is -2.48. The van der Waals surface area contributed by atoms with Crippen LogP contribution >= 0.6 is 0 Å². The van der Waals surface area contributed by atoms with Gasteiger partial charge in [0.15, 0.2) is 0 Å². The van der Waals surface area contributed by atoms with Crippen LogP contribution in [0, 0.1) is 5.92 Å². The van der Waals surface area contributed by atoms with Crippen molar-refractivity contribution in [1.29, 1.82) is 0 Å². The molecule has 0 aromatic rings. The van der Waals surface area contributed by atoms with E-state index in [9.17, 15) is 0 Å². The Balaban J connectivity index is 3.68. The lowest BCUT2D eigenvalue weighted by Gasteiger charge is -2.34. The summed E-state index contributed by atoms with van der Waals surface area (Å²) in [6.45, 7) is 12.5. The van der Waals surface area contributed by atoms with E-state index in [1.807, 2.05) is 0 Å². The molecule has 0 aliphatic carbocycles. The van der Waals surface area contributed by atoms with Gasteiger partial charge in [-0.05, 0) is 47.2 Å². The van der Waals surface area contributed by atoms with Gasteiger partial charge in [0.2, 0.25) is 0 Å². The van der Waals surface area contributed by atoms with Crippen molar-refractivity contribution in [2.45, 2.75) is 65.5 Å². The maximum atomic E-state index is 3.64. The van der Waals surface area contributed by atoms with Crippen LogP contribution < -0.4 is 5.32 Å². The molecule has 0 amide bonds. The molecule has 2 heteroatoms. The minimum atomic E-state index is 0.242. The Bertz CT molecular complexity index is 174. The fraction of sp³-hybridized carbons (Fsp3) is 1.00. The van der Waals surface area contributed by atoms with Crippen molar-refractivity contribution in [3.8, 4) is 0 Å². The van der Waals surface area contributed by atoms with Gasteiger partial charge in [-0.2, -0.15) is 0 Å². The van der Waals surface area contributed by atoms with Crippen LogP contribution in [-0.2, 0) is 0 Å². The monoisotopic (exact) mass is 228 g/mol. The molecule has 0 aliphatic heterocycles. The van der Waals surface area contributed by atoms with Crippen molar-refractivity contribution in [2.24, 2.45) is 5.92 Å². The molecule has 16 heavy (non-hydrogen) atoms. The Hall–Kier alpha value is -0.0800. The van der Waals surface area contributed by atoms with E-state index in [1.54, 1.807) is 0 Å². The predicted molar refractivity (Wildman–Crippen MR) is 73.9 cm³/mol. The summed E-state index contributed by atoms with van der Waals surface area (Å²) in [5.74, 6) is 0.838. The second-order valence-corrected chi connectivity index (χ2v) is 6.31. The van der Waals surface area contributed by atoms with Gasteiger partial charge >= 0.3 is 0 Å². The molecule has 0 radical (unpaired) electrons. The van der Waals surface area contributed by atoms with Gasteiger partial charge in [0.25, 0.3) is 0 Å². The van der Waals surface area contributed by atoms with Gasteiger partial charge in [0, 0.05) is 18.1 Å². The van der Waals surface area contributed by atoms with Crippen LogP contribution in [0.1, 0.15) is 53.9 Å². The normalized spacial score (nSPS) is 14.8. The number of hydrogen-bond donors (Lipinski definition) is 1. The van der Waals surface area contributed by atoms with Crippen molar-refractivity contribution >= 4 is 0 Å². The van der Waals surface area contributed by atoms with Crippen LogP contribution in [0.25, 0.3) is 0 Å². The van der Waals surface area contributed by atoms with E-state index in [0.717, 1.165) is 12.5 Å². The van der Waals surface area contributed by atoms with Crippen LogP contribution in [-0.4, -0.2) is 37.1 Å². The fourth-order valence-electron chi connectivity index (χ4n) is 1.52. The van der Waals surface area contributed by atoms with Crippen LogP contribution in [0.3, 0.4) is 0 Å². The van der Waals surface area contributed by atoms with E-state index in [4.69, 9.17) is 0 Å². The SMILES string of the molecule is CC(C)CCCC(C)NCC(C)(C)N(C)C. The minimum Gasteiger partial charge on any atom is -0.312 e. The molecule has 0 aliphatic rings. The lowest BCUT2D eigenvalue weighted by atomic mass is 10.0. The van der Waals surface area contributed by atoms with Crippen LogP contribution in [0.2, 0.25) is 0 Å². The van der Waals surface area contributed by atoms with Crippen molar-refractivity contribution in [1.82, 2.24) is 10.2 Å². The summed E-state index contributed by atoms with van der Waals surface area (Å²) in [6, 6.07) is 0.637. The summed E-state index contributed by atoms with van der Waals surface area (Å²) < 4.78 is 0. The first-order valence-corrected chi connectivity index (χ1v) is 6.66. The zero-order valence-electron chi connectivity index (χ0n) is 12.4. The highest BCUT2D eigenvalue weighted by Gasteiger charge is 2.20. The molecular formula is C14H32N2. The number of hydrogen-bond acceptors (Lipinski definition) is 2. The van der Waals surface area contributed by atoms with Gasteiger partial charge in [-0.3, -0.25) is 0 Å². The summed E-state index contributed by atoms with van der Waals surface area (Å²) in [4.78, 5) is 2.28. The predicted octanol–water partition coefficient (Wildman–Crippen LogP) is 3.13. The quantitative estimate of drug-likeness (QED) is 0.686. The average Bonchev–Trinajstić information content (AvgIpc) is 2.14. The summed E-state index contributed by atoms with van der Waals surface area (Å²) in [6.07, 6.45) is 3.99. The number of nitrogens with one attached hydrogen (secondary N) is 1. The fourth-order valence-corrected chi connectivity index (χ4v) is 1.52. The summed E-state index contributed by atoms with van der Waals surface area (Å²) >= 11 is 0. The molecule has 1 unspecified atom stereocenters. The molecule has 0 rings (SSSR count). The largest absolute Gasteiger partial charge is 0.312 e. The second kappa shape index (κ2) is 7.29. The topological polar surface area (TPSA) is 15.3 Å². The van der Waals surface area contributed by atoms with E-state index >= 15 is 0 Å². The first-order chi connectivity index (χ1) is 7.25. The zero-order valence-corrected chi connectivity index (χ0v) is 12.4. The lowest BCUT2D eigenvalue weighted by molar-refractivity contribution is 0.184. The smallest absolute Gasteiger partial charge is 0.0271 e. The van der Waals surface area contributed by atoms with Crippen LogP contribution in [0.5, 0.6) is 0 Å². The van der Waals surface area contributed by atoms with Gasteiger partial charge in [0.1, 0.15) is 0 Å². The van der Waals surface area contributed by atoms with Gasteiger partial charge in [-0.25, -0.2) is 0 Å². The first-order valence-electron chi connectivity index (χ1n) is 6.66. The summed E-state index contributed by atoms with van der Waals surface area (Å²) in [7, 11) is 4.29. The van der Waals surface area contributed by atoms with Crippen molar-refractivity contribution in [2.75, 3.05) is 20.6 Å². The van der Waals surface area contributed by atoms with E-state index in [2.05, 4.69) is 58.9 Å². The third-order valence-corrected chi connectivity index (χ3v) is 3.51. The number of likely N-dealkylation sites (N-methyl/N-ethyl adjacent to an activating group) is 1. The molecule has 0 saturated carbocycles. The average molecular weight is 228 g/mol. The highest BCUT2D eigenvalue weighted by molar-refractivity contribution is 4.81. The zero-order chi connectivity index (χ0) is 12.8. The van der Waals surface area contributed by atoms with Gasteiger partial charge < -0.3 is 10.2 Å². The maximum Gasteiger partial charge on any atom is 0.0271 e. The second-order valence-electron chi connectivity index (χ2n) is 6.31. The summed E-state index contributed by atoms with van der Waals surface area (Å²) in [5, 5.41) is 3.64. The first kappa shape index (κ1) is 15.9. The molecular weight excluding hydrogens is 196 g/mol. The minimum absolute atomic E-state index is 0.242. The molecule has 0 bridgehead atoms. The molecule has 0 spiro atoms. The molecule has 0 aromatic heterocycles. The van der Waals surface area contributed by atoms with E-state index < -0.39 is 0 Å². The van der Waals surface area contributed by atoms with Crippen molar-refractivity contribution in [3.63, 3.8) is 0 Å². The molecule has 0 fully saturated rings. The van der Waals surface area contributed by atoms with Crippen LogP contribution in [0.15, 0.2) is 0 Å². The van der Waals surface area contributed by atoms with E-state index in [0.29, 0.717) is 6.04 Å². The Morgan fingerprint density at radius 3 is 2.06 bits per heavy atom. The highest BCUT2D eigenvalue weighted by Crippen LogP contribution is 2.11. The molecule has 2 nitrogen and oxygen atoms in total. The van der Waals surface area contributed by atoms with Crippen molar-refractivity contribution in [3.05, 3.63) is 0 Å². The standard InChI is InChI=1S/C14H32N2/c1-12(2)9-8-10-13(3)15-11-14(4,5)16(6)7/h12-13,15H,8-11H2,1-7H3. The molecule has 0 saturated heterocycles. The van der Waals surface area contributed by atoms with Gasteiger partial charge in [-0.1, -0.05) is 26.7 Å². The third-order valence-electron chi connectivity index (χ3n) is 3.51.